The molecule has 1 heterocycles. The number of anilines is 3. The Kier molecular flexibility index (Phi) is 13.8. The summed E-state index contributed by atoms with van der Waals surface area (Å²) in [5, 5.41) is 17.3. The number of aromatic hydroxyl groups is 1. The average Bonchev–Trinajstić information content (AvgIpc) is 3.07. The Labute approximate surface area is 341 Å². The third-order valence-electron chi connectivity index (χ3n) is 7.66. The van der Waals surface area contributed by atoms with E-state index in [0.717, 1.165) is 6.92 Å². The number of ether oxygens (including phenoxy) is 1. The molecule has 0 bridgehead atoms. The van der Waals surface area contributed by atoms with Crippen LogP contribution < -0.4 is 45.0 Å². The second kappa shape index (κ2) is 17.4. The van der Waals surface area contributed by atoms with E-state index in [-0.39, 0.29) is 97.8 Å². The molecule has 5 rings (SSSR count). The number of benzene rings is 3. The number of aliphatic imine (C=N–C) groups is 1. The maximum atomic E-state index is 12.9. The van der Waals surface area contributed by atoms with Crippen LogP contribution >= 0.6 is 11.6 Å². The van der Waals surface area contributed by atoms with Gasteiger partial charge in [-0.2, -0.15) is 28.5 Å². The number of rotatable bonds is 12. The molecule has 4 aromatic rings. The molecule has 0 saturated heterocycles. The van der Waals surface area contributed by atoms with E-state index in [1.165, 1.54) is 44.4 Å². The number of nitrogens with zero attached hydrogens (tertiary/aromatic N) is 5. The molecule has 0 spiro atoms. The molecule has 0 aliphatic heterocycles. The summed E-state index contributed by atoms with van der Waals surface area (Å²) in [4.78, 5) is 27.8. The number of aryl methyl sites for hydroxylation is 1. The summed E-state index contributed by atoms with van der Waals surface area (Å²) >= 11 is 6.33. The van der Waals surface area contributed by atoms with Crippen molar-refractivity contribution in [3.05, 3.63) is 65.5 Å². The van der Waals surface area contributed by atoms with Gasteiger partial charge in [0.1, 0.15) is 16.7 Å². The molecule has 1 atom stereocenters. The van der Waals surface area contributed by atoms with Crippen LogP contribution in [0.15, 0.2) is 69.6 Å². The van der Waals surface area contributed by atoms with Crippen molar-refractivity contribution >= 4 is 87.4 Å². The fraction of sp³-hybridized carbons (Fsp3) is 0.226. The number of allylic oxidation sites excluding steroid dienone is 2. The quantitative estimate of drug-likeness (QED) is 0.0491. The molecule has 4 N–H and O–H groups in total. The number of aromatic nitrogens is 3. The molecule has 1 amide bonds. The van der Waals surface area contributed by atoms with Crippen molar-refractivity contribution in [2.24, 2.45) is 10.1 Å². The number of phenols is 1. The summed E-state index contributed by atoms with van der Waals surface area (Å²) in [7, 11) is -12.6. The molecule has 55 heavy (non-hydrogen) atoms. The van der Waals surface area contributed by atoms with Crippen LogP contribution in [0.4, 0.5) is 17.3 Å². The Hall–Kier alpha value is -4.10. The van der Waals surface area contributed by atoms with Crippen molar-refractivity contribution in [2.45, 2.75) is 30.4 Å². The Balaban J connectivity index is 0.00000673. The SMILES string of the molecule is COc1cc(S(=O)(=O)CCOS(=O)(=O)[O-])c(C)cc1Nc1nc(Cl)nc(-c2cc(N/N=C3\C=CC(=NC(C)=O)C(S(=O)(=O)O)C3)c(O)c3ccccc23)n1.[Na+]. The molecule has 1 aromatic heterocycles. The van der Waals surface area contributed by atoms with Crippen LogP contribution in [0.25, 0.3) is 22.2 Å². The summed E-state index contributed by atoms with van der Waals surface area (Å²) in [6.07, 6.45) is 2.29. The number of phenolic OH excluding ortho intramolecular Hbond substituents is 1. The number of carbonyl (C=O) groups excluding carboxylic acids is 1. The molecule has 24 heteroatoms. The number of hydrogen-bond acceptors (Lipinski definition) is 17. The Morgan fingerprint density at radius 2 is 1.73 bits per heavy atom. The summed E-state index contributed by atoms with van der Waals surface area (Å²) in [6.45, 7) is 1.72. The first kappa shape index (κ1) is 43.6. The number of sulfone groups is 1. The van der Waals surface area contributed by atoms with E-state index in [2.05, 4.69) is 40.0 Å². The average molecular weight is 846 g/mol. The molecule has 1 aliphatic carbocycles. The fourth-order valence-corrected chi connectivity index (χ4v) is 8.05. The van der Waals surface area contributed by atoms with Crippen molar-refractivity contribution in [3.8, 4) is 22.9 Å². The number of fused-ring (bicyclic) bond motifs is 1. The number of hydrogen-bond donors (Lipinski definition) is 4. The molecule has 19 nitrogen and oxygen atoms in total. The van der Waals surface area contributed by atoms with Crippen molar-refractivity contribution in [1.82, 2.24) is 15.0 Å². The van der Waals surface area contributed by atoms with Crippen molar-refractivity contribution in [2.75, 3.05) is 30.2 Å². The van der Waals surface area contributed by atoms with Crippen molar-refractivity contribution < 1.29 is 82.7 Å². The zero-order valence-corrected chi connectivity index (χ0v) is 34.4. The maximum Gasteiger partial charge on any atom is 1.00 e. The van der Waals surface area contributed by atoms with Gasteiger partial charge in [-0.1, -0.05) is 24.3 Å². The summed E-state index contributed by atoms with van der Waals surface area (Å²) in [6, 6.07) is 10.7. The zero-order valence-electron chi connectivity index (χ0n) is 29.2. The van der Waals surface area contributed by atoms with Gasteiger partial charge < -0.3 is 19.7 Å². The largest absolute Gasteiger partial charge is 1.00 e. The van der Waals surface area contributed by atoms with Gasteiger partial charge in [-0.3, -0.25) is 19.0 Å². The second-order valence-corrected chi connectivity index (χ2v) is 16.5. The predicted molar refractivity (Wildman–Crippen MR) is 196 cm³/mol. The van der Waals surface area contributed by atoms with Crippen LogP contribution in [0.1, 0.15) is 18.9 Å². The molecule has 0 radical (unpaired) electrons. The van der Waals surface area contributed by atoms with Gasteiger partial charge >= 0.3 is 29.6 Å². The van der Waals surface area contributed by atoms with E-state index in [9.17, 15) is 44.3 Å². The van der Waals surface area contributed by atoms with Gasteiger partial charge in [0, 0.05) is 30.4 Å². The van der Waals surface area contributed by atoms with Gasteiger partial charge in [0.05, 0.1) is 47.2 Å². The number of nitrogens with one attached hydrogen (secondary N) is 2. The van der Waals surface area contributed by atoms with Crippen LogP contribution in [0, 0.1) is 6.92 Å². The summed E-state index contributed by atoms with van der Waals surface area (Å²) in [5.74, 6) is -1.78. The molecular formula is C31H29ClN7NaO12S3. The smallest absolute Gasteiger partial charge is 0.726 e. The van der Waals surface area contributed by atoms with E-state index in [1.807, 2.05) is 0 Å². The zero-order chi connectivity index (χ0) is 39.6. The number of hydrazone groups is 1. The van der Waals surface area contributed by atoms with E-state index < -0.39 is 53.9 Å². The number of carbonyl (C=O) groups is 1. The fourth-order valence-electron chi connectivity index (χ4n) is 5.32. The number of halogens is 1. The normalized spacial score (nSPS) is 16.2. The first-order chi connectivity index (χ1) is 25.3. The first-order valence-electron chi connectivity index (χ1n) is 15.3. The minimum Gasteiger partial charge on any atom is -0.726 e. The van der Waals surface area contributed by atoms with Gasteiger partial charge in [-0.15, -0.1) is 0 Å². The van der Waals surface area contributed by atoms with Gasteiger partial charge in [0.15, 0.2) is 15.7 Å². The summed E-state index contributed by atoms with van der Waals surface area (Å²) in [5.41, 5.74) is 3.46. The van der Waals surface area contributed by atoms with E-state index in [4.69, 9.17) is 16.3 Å². The Morgan fingerprint density at radius 3 is 2.36 bits per heavy atom. The van der Waals surface area contributed by atoms with E-state index in [1.54, 1.807) is 24.3 Å². The molecular weight excluding hydrogens is 817 g/mol. The van der Waals surface area contributed by atoms with Gasteiger partial charge in [0.25, 0.3) is 10.1 Å². The second-order valence-electron chi connectivity index (χ2n) is 11.4. The van der Waals surface area contributed by atoms with Gasteiger partial charge in [-0.05, 0) is 53.8 Å². The molecule has 1 aliphatic rings. The molecule has 0 saturated carbocycles. The van der Waals surface area contributed by atoms with Crippen molar-refractivity contribution in [3.63, 3.8) is 0 Å². The van der Waals surface area contributed by atoms with Gasteiger partial charge in [0.2, 0.25) is 27.5 Å². The van der Waals surface area contributed by atoms with E-state index >= 15 is 0 Å². The van der Waals surface area contributed by atoms with Crippen molar-refractivity contribution in [1.29, 1.82) is 0 Å². The van der Waals surface area contributed by atoms with Crippen LogP contribution in [0.3, 0.4) is 0 Å². The third kappa shape index (κ3) is 10.8. The molecule has 1 unspecified atom stereocenters. The van der Waals surface area contributed by atoms with Crippen LogP contribution in [-0.4, -0.2) is 96.5 Å². The van der Waals surface area contributed by atoms with Crippen LogP contribution in [0.5, 0.6) is 11.5 Å². The number of amides is 1. The van der Waals surface area contributed by atoms with Gasteiger partial charge in [-0.25, -0.2) is 21.8 Å². The number of methoxy groups -OCH3 is 1. The molecule has 0 fully saturated rings. The predicted octanol–water partition coefficient (Wildman–Crippen LogP) is 0.338. The van der Waals surface area contributed by atoms with Crippen LogP contribution in [-0.2, 0) is 39.3 Å². The Morgan fingerprint density at radius 1 is 1.04 bits per heavy atom. The maximum absolute atomic E-state index is 12.9. The topological polar surface area (TPSA) is 289 Å². The minimum absolute atomic E-state index is 0. The minimum atomic E-state index is -5.10. The monoisotopic (exact) mass is 845 g/mol. The summed E-state index contributed by atoms with van der Waals surface area (Å²) < 4.78 is 101. The van der Waals surface area contributed by atoms with Crippen LogP contribution in [0.2, 0.25) is 5.28 Å². The first-order valence-corrected chi connectivity index (χ1v) is 20.1. The Bertz CT molecular complexity index is 2610. The molecule has 3 aromatic carbocycles. The molecule has 286 valence electrons. The third-order valence-corrected chi connectivity index (χ3v) is 11.2. The van der Waals surface area contributed by atoms with E-state index in [0.29, 0.717) is 16.3 Å². The standard InChI is InChI=1S/C31H30ClN7O12S3.Na/c1-16-12-23(25(50-3)15-26(16)52(42,43)11-10-51-54(47,48)49)34-31-36-29(35-30(32)37-31)21-14-24(28(41)20-7-5-4-6-19(20)21)39-38-18-8-9-22(33-17(2)40)27(13-18)53(44,45)46;/h4-9,12,14-15,27,39,41H,10-11,13H2,1-3H3,(H,44,45,46)(H,47,48,49)(H,34,35,36,37);/q;+1/p-1/b33-22?,38-18+;.